The molecule has 0 bridgehead atoms. The molecular formula is C15H18N2O3. The zero-order chi connectivity index (χ0) is 14.3. The molecular weight excluding hydrogens is 256 g/mol. The van der Waals surface area contributed by atoms with Crippen molar-refractivity contribution in [3.63, 3.8) is 0 Å². The molecule has 5 nitrogen and oxygen atoms in total. The van der Waals surface area contributed by atoms with Crippen LogP contribution in [0.1, 0.15) is 35.2 Å². The minimum absolute atomic E-state index is 0.105. The van der Waals surface area contributed by atoms with Crippen LogP contribution in [-0.4, -0.2) is 30.1 Å². The highest BCUT2D eigenvalue weighted by Crippen LogP contribution is 2.43. The Hall–Kier alpha value is -1.88. The Morgan fingerprint density at radius 3 is 2.65 bits per heavy atom. The summed E-state index contributed by atoms with van der Waals surface area (Å²) in [6.07, 6.45) is 3.49. The van der Waals surface area contributed by atoms with Gasteiger partial charge in [0.2, 0.25) is 5.91 Å². The molecule has 3 N–H and O–H groups in total. The first-order valence-corrected chi connectivity index (χ1v) is 6.96. The number of aromatic carboxylic acids is 1. The average Bonchev–Trinajstić information content (AvgIpc) is 2.80. The molecule has 2 aliphatic rings. The van der Waals surface area contributed by atoms with Crippen LogP contribution in [0.15, 0.2) is 18.2 Å². The molecule has 1 amide bonds. The number of carbonyl (C=O) groups is 2. The second-order valence-electron chi connectivity index (χ2n) is 5.69. The number of hydrogen-bond acceptors (Lipinski definition) is 3. The van der Waals surface area contributed by atoms with E-state index in [0.29, 0.717) is 19.5 Å². The van der Waals surface area contributed by atoms with E-state index in [1.165, 1.54) is 0 Å². The number of carboxylic acids is 1. The maximum absolute atomic E-state index is 12.7. The van der Waals surface area contributed by atoms with E-state index >= 15 is 0 Å². The van der Waals surface area contributed by atoms with Crippen LogP contribution in [0.2, 0.25) is 0 Å². The van der Waals surface area contributed by atoms with Crippen molar-refractivity contribution in [2.24, 2.45) is 11.1 Å². The summed E-state index contributed by atoms with van der Waals surface area (Å²) in [7, 11) is 0. The van der Waals surface area contributed by atoms with E-state index in [2.05, 4.69) is 0 Å². The van der Waals surface area contributed by atoms with Crippen molar-refractivity contribution in [1.29, 1.82) is 0 Å². The van der Waals surface area contributed by atoms with E-state index in [-0.39, 0.29) is 16.9 Å². The standard InChI is InChI=1S/C15H18N2O3/c16-9-15(5-1-6-15)14(20)17-7-4-10-8-11(13(18)19)2-3-12(10)17/h2-3,8H,1,4-7,9,16H2,(H,18,19). The fourth-order valence-electron chi connectivity index (χ4n) is 3.14. The predicted molar refractivity (Wildman–Crippen MR) is 74.8 cm³/mol. The van der Waals surface area contributed by atoms with Gasteiger partial charge in [-0.2, -0.15) is 0 Å². The summed E-state index contributed by atoms with van der Waals surface area (Å²) in [6.45, 7) is 1.02. The Morgan fingerprint density at radius 2 is 2.10 bits per heavy atom. The number of fused-ring (bicyclic) bond motifs is 1. The van der Waals surface area contributed by atoms with E-state index in [0.717, 1.165) is 30.5 Å². The number of anilines is 1. The van der Waals surface area contributed by atoms with Crippen LogP contribution in [0.3, 0.4) is 0 Å². The smallest absolute Gasteiger partial charge is 0.335 e. The molecule has 0 spiro atoms. The Balaban J connectivity index is 1.90. The van der Waals surface area contributed by atoms with Gasteiger partial charge in [-0.3, -0.25) is 4.79 Å². The second-order valence-corrected chi connectivity index (χ2v) is 5.69. The molecule has 20 heavy (non-hydrogen) atoms. The van der Waals surface area contributed by atoms with E-state index in [9.17, 15) is 9.59 Å². The molecule has 0 aromatic heterocycles. The lowest BCUT2D eigenvalue weighted by molar-refractivity contribution is -0.132. The van der Waals surface area contributed by atoms with Gasteiger partial charge in [-0.25, -0.2) is 4.79 Å². The van der Waals surface area contributed by atoms with E-state index in [1.807, 2.05) is 0 Å². The zero-order valence-corrected chi connectivity index (χ0v) is 11.3. The first-order chi connectivity index (χ1) is 9.57. The van der Waals surface area contributed by atoms with Crippen LogP contribution in [0.25, 0.3) is 0 Å². The molecule has 1 heterocycles. The van der Waals surface area contributed by atoms with Gasteiger partial charge < -0.3 is 15.7 Å². The minimum Gasteiger partial charge on any atom is -0.478 e. The van der Waals surface area contributed by atoms with Crippen LogP contribution in [0.5, 0.6) is 0 Å². The van der Waals surface area contributed by atoms with Crippen molar-refractivity contribution in [3.05, 3.63) is 29.3 Å². The topological polar surface area (TPSA) is 83.6 Å². The molecule has 1 aliphatic heterocycles. The van der Waals surface area contributed by atoms with Crippen LogP contribution in [-0.2, 0) is 11.2 Å². The summed E-state index contributed by atoms with van der Waals surface area (Å²) >= 11 is 0. The van der Waals surface area contributed by atoms with Crippen LogP contribution < -0.4 is 10.6 Å². The van der Waals surface area contributed by atoms with Gasteiger partial charge in [-0.05, 0) is 43.0 Å². The van der Waals surface area contributed by atoms with Crippen molar-refractivity contribution in [2.75, 3.05) is 18.0 Å². The largest absolute Gasteiger partial charge is 0.478 e. The normalized spacial score (nSPS) is 19.4. The van der Waals surface area contributed by atoms with Gasteiger partial charge in [0, 0.05) is 18.8 Å². The van der Waals surface area contributed by atoms with Crippen molar-refractivity contribution in [1.82, 2.24) is 0 Å². The fraction of sp³-hybridized carbons (Fsp3) is 0.467. The molecule has 0 saturated heterocycles. The zero-order valence-electron chi connectivity index (χ0n) is 11.3. The number of benzene rings is 1. The number of amides is 1. The highest BCUT2D eigenvalue weighted by Gasteiger charge is 2.46. The summed E-state index contributed by atoms with van der Waals surface area (Å²) in [5.74, 6) is -0.830. The van der Waals surface area contributed by atoms with Crippen molar-refractivity contribution in [3.8, 4) is 0 Å². The summed E-state index contributed by atoms with van der Waals surface area (Å²) in [4.78, 5) is 25.5. The molecule has 1 saturated carbocycles. The Bertz CT molecular complexity index is 573. The molecule has 0 radical (unpaired) electrons. The van der Waals surface area contributed by atoms with Crippen LogP contribution >= 0.6 is 0 Å². The third kappa shape index (κ3) is 1.81. The van der Waals surface area contributed by atoms with Crippen LogP contribution in [0.4, 0.5) is 5.69 Å². The Kier molecular flexibility index (Phi) is 3.01. The molecule has 1 aromatic rings. The average molecular weight is 274 g/mol. The van der Waals surface area contributed by atoms with Gasteiger partial charge in [0.15, 0.2) is 0 Å². The van der Waals surface area contributed by atoms with E-state index in [1.54, 1.807) is 23.1 Å². The second kappa shape index (κ2) is 4.59. The third-order valence-corrected chi connectivity index (χ3v) is 4.62. The first kappa shape index (κ1) is 13.1. The molecule has 0 unspecified atom stereocenters. The maximum Gasteiger partial charge on any atom is 0.335 e. The monoisotopic (exact) mass is 274 g/mol. The molecule has 0 atom stereocenters. The number of carbonyl (C=O) groups excluding carboxylic acids is 1. The fourth-order valence-corrected chi connectivity index (χ4v) is 3.14. The number of rotatable bonds is 3. The SMILES string of the molecule is NCC1(C(=O)N2CCc3cc(C(=O)O)ccc32)CCC1. The molecule has 3 rings (SSSR count). The minimum atomic E-state index is -0.935. The molecule has 1 aliphatic carbocycles. The summed E-state index contributed by atoms with van der Waals surface area (Å²) in [5.41, 5.74) is 7.47. The number of hydrogen-bond donors (Lipinski definition) is 2. The Morgan fingerprint density at radius 1 is 1.35 bits per heavy atom. The van der Waals surface area contributed by atoms with Crippen molar-refractivity contribution >= 4 is 17.6 Å². The van der Waals surface area contributed by atoms with Gasteiger partial charge in [-0.1, -0.05) is 6.42 Å². The van der Waals surface area contributed by atoms with Crippen molar-refractivity contribution in [2.45, 2.75) is 25.7 Å². The third-order valence-electron chi connectivity index (χ3n) is 4.62. The van der Waals surface area contributed by atoms with Gasteiger partial charge >= 0.3 is 5.97 Å². The first-order valence-electron chi connectivity index (χ1n) is 6.96. The van der Waals surface area contributed by atoms with Gasteiger partial charge in [0.1, 0.15) is 0 Å². The predicted octanol–water partition coefficient (Wildman–Crippen LogP) is 1.40. The lowest BCUT2D eigenvalue weighted by Crippen LogP contribution is -2.51. The summed E-state index contributed by atoms with van der Waals surface area (Å²) in [5, 5.41) is 9.01. The molecule has 1 fully saturated rings. The quantitative estimate of drug-likeness (QED) is 0.872. The van der Waals surface area contributed by atoms with Crippen molar-refractivity contribution < 1.29 is 14.7 Å². The molecule has 1 aromatic carbocycles. The number of carboxylic acid groups (broad SMARTS) is 1. The van der Waals surface area contributed by atoms with Gasteiger partial charge in [0.25, 0.3) is 0 Å². The molecule has 5 heteroatoms. The number of nitrogens with two attached hydrogens (primary N) is 1. The van der Waals surface area contributed by atoms with Gasteiger partial charge in [-0.15, -0.1) is 0 Å². The van der Waals surface area contributed by atoms with E-state index in [4.69, 9.17) is 10.8 Å². The lowest BCUT2D eigenvalue weighted by Gasteiger charge is -2.41. The highest BCUT2D eigenvalue weighted by molar-refractivity contribution is 6.00. The van der Waals surface area contributed by atoms with Gasteiger partial charge in [0.05, 0.1) is 11.0 Å². The summed E-state index contributed by atoms with van der Waals surface area (Å²) < 4.78 is 0. The maximum atomic E-state index is 12.7. The van der Waals surface area contributed by atoms with E-state index < -0.39 is 5.97 Å². The summed E-state index contributed by atoms with van der Waals surface area (Å²) in [6, 6.07) is 4.97. The Labute approximate surface area is 117 Å². The number of nitrogens with zero attached hydrogens (tertiary/aromatic N) is 1. The molecule has 106 valence electrons. The lowest BCUT2D eigenvalue weighted by atomic mass is 9.68. The highest BCUT2D eigenvalue weighted by atomic mass is 16.4. The van der Waals surface area contributed by atoms with Crippen LogP contribution in [0, 0.1) is 5.41 Å².